The van der Waals surface area contributed by atoms with E-state index >= 15 is 0 Å². The molecule has 0 aliphatic heterocycles. The molecule has 10 heavy (non-hydrogen) atoms. The van der Waals surface area contributed by atoms with Crippen molar-refractivity contribution < 1.29 is 52.4 Å². The van der Waals surface area contributed by atoms with E-state index < -0.39 is 25.0 Å². The van der Waals surface area contributed by atoms with E-state index in [0.29, 0.717) is 0 Å². The van der Waals surface area contributed by atoms with Crippen molar-refractivity contribution in [1.82, 2.24) is 0 Å². The molecule has 0 amide bonds. The minimum atomic E-state index is -4.37. The van der Waals surface area contributed by atoms with Crippen molar-refractivity contribution in [2.45, 2.75) is 0 Å². The Bertz CT molecular complexity index is 248. The minimum Gasteiger partial charge on any atom is -1.00 e. The first-order valence-electron chi connectivity index (χ1n) is 1.83. The van der Waals surface area contributed by atoms with Gasteiger partial charge in [0.05, 0.1) is 0 Å². The van der Waals surface area contributed by atoms with E-state index in [1.165, 1.54) is 0 Å². The van der Waals surface area contributed by atoms with Crippen molar-refractivity contribution in [2.24, 2.45) is 0 Å². The zero-order valence-electron chi connectivity index (χ0n) is 6.60. The van der Waals surface area contributed by atoms with E-state index in [4.69, 9.17) is 4.55 Å². The van der Waals surface area contributed by atoms with Crippen LogP contribution in [0.5, 0.6) is 0 Å². The van der Waals surface area contributed by atoms with Crippen molar-refractivity contribution in [2.75, 3.05) is 11.3 Å². The third kappa shape index (κ3) is 11.6. The summed E-state index contributed by atoms with van der Waals surface area (Å²) in [5.41, 5.74) is 0. The maximum absolute atomic E-state index is 10.1. The molecule has 0 aromatic rings. The van der Waals surface area contributed by atoms with Crippen molar-refractivity contribution in [1.29, 1.82) is 0 Å². The van der Waals surface area contributed by atoms with Crippen molar-refractivity contribution in [3.05, 3.63) is 0 Å². The van der Waals surface area contributed by atoms with Crippen molar-refractivity contribution in [3.8, 4) is 0 Å². The average molecular weight is 198 g/mol. The summed E-state index contributed by atoms with van der Waals surface area (Å²) in [6, 6.07) is 0. The predicted molar refractivity (Wildman–Crippen MR) is 32.4 cm³/mol. The Morgan fingerprint density at radius 2 is 1.60 bits per heavy atom. The summed E-state index contributed by atoms with van der Waals surface area (Å²) in [6.07, 6.45) is 0.723. The molecule has 8 heteroatoms. The summed E-state index contributed by atoms with van der Waals surface area (Å²) < 4.78 is 47.8. The summed E-state index contributed by atoms with van der Waals surface area (Å²) in [5, 5.41) is -1.21. The second kappa shape index (κ2) is 4.03. The Balaban J connectivity index is -0.000000320. The van der Waals surface area contributed by atoms with Crippen LogP contribution in [0.15, 0.2) is 0 Å². The molecule has 1 N–H and O–H groups in total. The predicted octanol–water partition coefficient (Wildman–Crippen LogP) is -4.01. The van der Waals surface area contributed by atoms with E-state index in [1.807, 2.05) is 0 Å². The molecule has 0 radical (unpaired) electrons. The van der Waals surface area contributed by atoms with E-state index in [2.05, 4.69) is 0 Å². The van der Waals surface area contributed by atoms with Crippen LogP contribution in [0, 0.1) is 0 Å². The van der Waals surface area contributed by atoms with Gasteiger partial charge in [0, 0.05) is 6.26 Å². The first kappa shape index (κ1) is 13.4. The summed E-state index contributed by atoms with van der Waals surface area (Å²) >= 11 is 0. The van der Waals surface area contributed by atoms with Crippen LogP contribution in [-0.4, -0.2) is 32.7 Å². The van der Waals surface area contributed by atoms with E-state index in [1.54, 1.807) is 0 Å². The van der Waals surface area contributed by atoms with Gasteiger partial charge in [0.2, 0.25) is 0 Å². The van der Waals surface area contributed by atoms with Gasteiger partial charge in [-0.15, -0.1) is 0 Å². The molecule has 0 spiro atoms. The van der Waals surface area contributed by atoms with Gasteiger partial charge in [-0.05, 0) is 0 Å². The van der Waals surface area contributed by atoms with Gasteiger partial charge in [0.15, 0.2) is 14.9 Å². The van der Waals surface area contributed by atoms with Gasteiger partial charge in [-0.2, -0.15) is 8.42 Å². The molecule has 0 aliphatic rings. The smallest absolute Gasteiger partial charge is 1.00 e. The third-order valence-corrected chi connectivity index (χ3v) is 3.27. The summed E-state index contributed by atoms with van der Waals surface area (Å²) in [7, 11) is -7.99. The molecule has 0 unspecified atom stereocenters. The van der Waals surface area contributed by atoms with Gasteiger partial charge in [-0.1, -0.05) is 0 Å². The van der Waals surface area contributed by atoms with Crippen LogP contribution < -0.4 is 29.6 Å². The van der Waals surface area contributed by atoms with Gasteiger partial charge in [0.25, 0.3) is 10.1 Å². The van der Waals surface area contributed by atoms with Crippen molar-refractivity contribution >= 4 is 20.0 Å². The molecular weight excluding hydrogens is 191 g/mol. The normalized spacial score (nSPS) is 12.2. The van der Waals surface area contributed by atoms with E-state index in [0.717, 1.165) is 6.26 Å². The maximum Gasteiger partial charge on any atom is 1.00 e. The summed E-state index contributed by atoms with van der Waals surface area (Å²) in [4.78, 5) is 0. The number of rotatable bonds is 2. The first-order valence-corrected chi connectivity index (χ1v) is 5.50. The fraction of sp³-hybridized carbons (Fsp3) is 1.00. The second-order valence-electron chi connectivity index (χ2n) is 1.63. The molecular formula is C2H7NaO5S2. The Morgan fingerprint density at radius 1 is 1.30 bits per heavy atom. The molecule has 5 nitrogen and oxygen atoms in total. The summed E-state index contributed by atoms with van der Waals surface area (Å²) in [5.74, 6) is 0. The molecule has 0 aromatic carbocycles. The zero-order valence-corrected chi connectivity index (χ0v) is 9.24. The Morgan fingerprint density at radius 3 is 1.60 bits per heavy atom. The monoisotopic (exact) mass is 198 g/mol. The molecule has 0 fully saturated rings. The fourth-order valence-corrected chi connectivity index (χ4v) is 2.43. The molecule has 0 rings (SSSR count). The standard InChI is InChI=1S/C2H6O5S2.Na.H/c1-8(3,4)2-9(5,6)7;;/h2H2,1H3,(H,5,6,7);;/q;+1;-1. The molecule has 58 valence electrons. The SMILES string of the molecule is CS(=O)(=O)CS(=O)(=O)O.[H-].[Na+]. The molecule has 0 aromatic heterocycles. The van der Waals surface area contributed by atoms with Crippen LogP contribution in [0.4, 0.5) is 0 Å². The zero-order chi connectivity index (χ0) is 7.71. The molecule has 0 aliphatic carbocycles. The molecule has 0 saturated carbocycles. The van der Waals surface area contributed by atoms with Crippen LogP contribution in [0.3, 0.4) is 0 Å². The van der Waals surface area contributed by atoms with E-state index in [-0.39, 0.29) is 31.0 Å². The van der Waals surface area contributed by atoms with Crippen LogP contribution >= 0.6 is 0 Å². The van der Waals surface area contributed by atoms with Gasteiger partial charge in [-0.3, -0.25) is 4.55 Å². The van der Waals surface area contributed by atoms with Gasteiger partial charge in [0.1, 0.15) is 0 Å². The number of sulfone groups is 1. The van der Waals surface area contributed by atoms with Crippen LogP contribution in [0.25, 0.3) is 0 Å². The van der Waals surface area contributed by atoms with Gasteiger partial charge >= 0.3 is 29.6 Å². The molecule has 0 saturated heterocycles. The minimum absolute atomic E-state index is 0. The van der Waals surface area contributed by atoms with Gasteiger partial charge < -0.3 is 1.43 Å². The van der Waals surface area contributed by atoms with Crippen LogP contribution in [-0.2, 0) is 20.0 Å². The topological polar surface area (TPSA) is 88.5 Å². The second-order valence-corrected chi connectivity index (χ2v) is 5.58. The molecule has 0 atom stereocenters. The van der Waals surface area contributed by atoms with E-state index in [9.17, 15) is 16.8 Å². The Labute approximate surface area is 83.3 Å². The molecule has 0 bridgehead atoms. The summed E-state index contributed by atoms with van der Waals surface area (Å²) in [6.45, 7) is 0. The fourth-order valence-electron chi connectivity index (χ4n) is 0.271. The third-order valence-electron chi connectivity index (χ3n) is 0.363. The van der Waals surface area contributed by atoms with Crippen LogP contribution in [0.1, 0.15) is 1.43 Å². The Hall–Kier alpha value is 0.860. The quantitative estimate of drug-likeness (QED) is 0.361. The van der Waals surface area contributed by atoms with Crippen LogP contribution in [0.2, 0.25) is 0 Å². The first-order chi connectivity index (χ1) is 3.71. The largest absolute Gasteiger partial charge is 1.00 e. The number of hydrogen-bond acceptors (Lipinski definition) is 4. The average Bonchev–Trinajstić information content (AvgIpc) is 1.14. The Kier molecular flexibility index (Phi) is 5.42. The number of hydrogen-bond donors (Lipinski definition) is 1. The molecule has 0 heterocycles. The van der Waals surface area contributed by atoms with Crippen molar-refractivity contribution in [3.63, 3.8) is 0 Å². The maximum atomic E-state index is 10.1. The van der Waals surface area contributed by atoms with Gasteiger partial charge in [-0.25, -0.2) is 8.42 Å².